The quantitative estimate of drug-likeness (QED) is 0.830. The van der Waals surface area contributed by atoms with Crippen molar-refractivity contribution in [2.24, 2.45) is 0 Å². The second-order valence-electron chi connectivity index (χ2n) is 4.13. The molecule has 1 aliphatic heterocycles. The molecule has 1 unspecified atom stereocenters. The summed E-state index contributed by atoms with van der Waals surface area (Å²) in [6, 6.07) is 5.52. The van der Waals surface area contributed by atoms with E-state index in [9.17, 15) is 4.79 Å². The van der Waals surface area contributed by atoms with Crippen LogP contribution >= 0.6 is 35.8 Å². The lowest BCUT2D eigenvalue weighted by Gasteiger charge is -2.23. The second kappa shape index (κ2) is 8.74. The predicted molar refractivity (Wildman–Crippen MR) is 86.3 cm³/mol. The van der Waals surface area contributed by atoms with E-state index in [0.717, 1.165) is 22.9 Å². The van der Waals surface area contributed by atoms with Gasteiger partial charge in [-0.3, -0.25) is 4.79 Å². The Morgan fingerprint density at radius 2 is 2.40 bits per heavy atom. The molecule has 1 aromatic rings. The second-order valence-corrected chi connectivity index (χ2v) is 5.87. The highest BCUT2D eigenvalue weighted by Gasteiger charge is 2.22. The van der Waals surface area contributed by atoms with Crippen molar-refractivity contribution in [3.63, 3.8) is 0 Å². The molecule has 1 fully saturated rings. The average Bonchev–Trinajstić information content (AvgIpc) is 2.43. The van der Waals surface area contributed by atoms with Gasteiger partial charge in [0.2, 0.25) is 0 Å². The first-order valence-corrected chi connectivity index (χ1v) is 7.62. The lowest BCUT2D eigenvalue weighted by Crippen LogP contribution is -2.45. The molecule has 4 nitrogen and oxygen atoms in total. The molecular formula is C13H18Cl2N2O2S. The first-order chi connectivity index (χ1) is 9.20. The number of morpholine rings is 1. The number of amides is 1. The van der Waals surface area contributed by atoms with Crippen LogP contribution in [0.15, 0.2) is 23.1 Å². The monoisotopic (exact) mass is 336 g/mol. The van der Waals surface area contributed by atoms with Crippen molar-refractivity contribution >= 4 is 47.4 Å². The fourth-order valence-electron chi connectivity index (χ4n) is 1.83. The summed E-state index contributed by atoms with van der Waals surface area (Å²) in [7, 11) is 0. The first kappa shape index (κ1) is 17.6. The van der Waals surface area contributed by atoms with Crippen LogP contribution in [0.1, 0.15) is 6.92 Å². The maximum atomic E-state index is 12.1. The van der Waals surface area contributed by atoms with E-state index in [-0.39, 0.29) is 18.3 Å². The number of rotatable bonds is 4. The summed E-state index contributed by atoms with van der Waals surface area (Å²) in [5.41, 5.74) is 0.749. The van der Waals surface area contributed by atoms with Crippen molar-refractivity contribution < 1.29 is 9.53 Å². The van der Waals surface area contributed by atoms with E-state index in [0.29, 0.717) is 18.2 Å². The molecule has 1 amide bonds. The van der Waals surface area contributed by atoms with Gasteiger partial charge < -0.3 is 15.4 Å². The van der Waals surface area contributed by atoms with Crippen LogP contribution in [0.5, 0.6) is 0 Å². The van der Waals surface area contributed by atoms with Gasteiger partial charge in [0.15, 0.2) is 0 Å². The van der Waals surface area contributed by atoms with E-state index in [4.69, 9.17) is 16.3 Å². The number of hydrogen-bond acceptors (Lipinski definition) is 4. The van der Waals surface area contributed by atoms with Gasteiger partial charge in [0.05, 0.1) is 12.3 Å². The summed E-state index contributed by atoms with van der Waals surface area (Å²) >= 11 is 7.65. The van der Waals surface area contributed by atoms with Gasteiger partial charge >= 0.3 is 0 Å². The van der Waals surface area contributed by atoms with Crippen molar-refractivity contribution in [1.29, 1.82) is 0 Å². The number of nitrogens with one attached hydrogen (secondary N) is 2. The smallest absolute Gasteiger partial charge is 0.254 e. The number of hydrogen-bond donors (Lipinski definition) is 2. The van der Waals surface area contributed by atoms with E-state index >= 15 is 0 Å². The molecule has 0 aliphatic carbocycles. The first-order valence-electron chi connectivity index (χ1n) is 6.26. The number of benzene rings is 1. The van der Waals surface area contributed by atoms with Gasteiger partial charge in [-0.05, 0) is 24.0 Å². The van der Waals surface area contributed by atoms with Gasteiger partial charge in [-0.1, -0.05) is 18.5 Å². The minimum atomic E-state index is -0.438. The van der Waals surface area contributed by atoms with Crippen LogP contribution < -0.4 is 10.6 Å². The zero-order chi connectivity index (χ0) is 13.7. The summed E-state index contributed by atoms with van der Waals surface area (Å²) in [5, 5.41) is 6.64. The van der Waals surface area contributed by atoms with E-state index in [1.54, 1.807) is 17.8 Å². The van der Waals surface area contributed by atoms with Crippen molar-refractivity contribution in [3.8, 4) is 0 Å². The molecule has 7 heteroatoms. The van der Waals surface area contributed by atoms with Crippen LogP contribution in [-0.4, -0.2) is 37.5 Å². The summed E-state index contributed by atoms with van der Waals surface area (Å²) in [4.78, 5) is 13.1. The van der Waals surface area contributed by atoms with Gasteiger partial charge in [0.1, 0.15) is 6.10 Å². The average molecular weight is 337 g/mol. The largest absolute Gasteiger partial charge is 0.366 e. The topological polar surface area (TPSA) is 50.4 Å². The van der Waals surface area contributed by atoms with Crippen LogP contribution in [0.2, 0.25) is 5.02 Å². The lowest BCUT2D eigenvalue weighted by molar-refractivity contribution is -0.128. The number of carbonyl (C=O) groups excluding carboxylic acids is 1. The molecule has 0 aromatic heterocycles. The minimum absolute atomic E-state index is 0. The molecule has 20 heavy (non-hydrogen) atoms. The number of carbonyl (C=O) groups is 1. The van der Waals surface area contributed by atoms with Crippen molar-refractivity contribution in [2.45, 2.75) is 17.9 Å². The molecule has 0 spiro atoms. The minimum Gasteiger partial charge on any atom is -0.366 e. The SMILES string of the molecule is CCSc1ccc(Cl)cc1NC(=O)C1CNCCO1.Cl. The van der Waals surface area contributed by atoms with Crippen LogP contribution in [0.25, 0.3) is 0 Å². The normalized spacial score (nSPS) is 18.2. The molecule has 0 bridgehead atoms. The zero-order valence-corrected chi connectivity index (χ0v) is 13.5. The molecule has 1 heterocycles. The molecule has 1 atom stereocenters. The van der Waals surface area contributed by atoms with Gasteiger partial charge in [-0.2, -0.15) is 0 Å². The third-order valence-electron chi connectivity index (χ3n) is 2.72. The molecule has 2 N–H and O–H groups in total. The Balaban J connectivity index is 0.00000200. The van der Waals surface area contributed by atoms with Gasteiger partial charge in [-0.25, -0.2) is 0 Å². The van der Waals surface area contributed by atoms with Gasteiger partial charge in [-0.15, -0.1) is 24.2 Å². The third-order valence-corrected chi connectivity index (χ3v) is 3.91. The van der Waals surface area contributed by atoms with Crippen LogP contribution in [0.4, 0.5) is 5.69 Å². The number of halogens is 2. The van der Waals surface area contributed by atoms with Crippen molar-refractivity contribution in [2.75, 3.05) is 30.8 Å². The number of ether oxygens (including phenoxy) is 1. The number of anilines is 1. The molecule has 112 valence electrons. The molecule has 2 rings (SSSR count). The molecule has 1 aliphatic rings. The Bertz CT molecular complexity index is 454. The summed E-state index contributed by atoms with van der Waals surface area (Å²) < 4.78 is 5.43. The molecule has 1 saturated heterocycles. The van der Waals surface area contributed by atoms with Crippen molar-refractivity contribution in [1.82, 2.24) is 5.32 Å². The third kappa shape index (κ3) is 4.82. The molecule has 0 saturated carbocycles. The summed E-state index contributed by atoms with van der Waals surface area (Å²) in [5.74, 6) is 0.804. The Morgan fingerprint density at radius 3 is 3.05 bits per heavy atom. The molecular weight excluding hydrogens is 319 g/mol. The summed E-state index contributed by atoms with van der Waals surface area (Å²) in [6.07, 6.45) is -0.438. The van der Waals surface area contributed by atoms with Crippen LogP contribution in [0.3, 0.4) is 0 Å². The van der Waals surface area contributed by atoms with E-state index in [2.05, 4.69) is 17.6 Å². The maximum absolute atomic E-state index is 12.1. The highest BCUT2D eigenvalue weighted by Crippen LogP contribution is 2.30. The van der Waals surface area contributed by atoms with Crippen molar-refractivity contribution in [3.05, 3.63) is 23.2 Å². The van der Waals surface area contributed by atoms with E-state index < -0.39 is 6.10 Å². The number of thioether (sulfide) groups is 1. The Kier molecular flexibility index (Phi) is 7.69. The standard InChI is InChI=1S/C13H17ClN2O2S.ClH/c1-2-19-12-4-3-9(14)7-10(12)16-13(17)11-8-15-5-6-18-11;/h3-4,7,11,15H,2,5-6,8H2,1H3,(H,16,17);1H. The van der Waals surface area contributed by atoms with Gasteiger partial charge in [0.25, 0.3) is 5.91 Å². The Morgan fingerprint density at radius 1 is 1.60 bits per heavy atom. The Labute approximate surface area is 134 Å². The van der Waals surface area contributed by atoms with E-state index in [1.165, 1.54) is 0 Å². The summed E-state index contributed by atoms with van der Waals surface area (Å²) in [6.45, 7) is 3.96. The highest BCUT2D eigenvalue weighted by molar-refractivity contribution is 7.99. The zero-order valence-electron chi connectivity index (χ0n) is 11.1. The van der Waals surface area contributed by atoms with E-state index in [1.807, 2.05) is 12.1 Å². The fourth-order valence-corrected chi connectivity index (χ4v) is 2.74. The van der Waals surface area contributed by atoms with Crippen LogP contribution in [0, 0.1) is 0 Å². The lowest BCUT2D eigenvalue weighted by atomic mass is 10.2. The maximum Gasteiger partial charge on any atom is 0.254 e. The molecule has 0 radical (unpaired) electrons. The van der Waals surface area contributed by atoms with Gasteiger partial charge in [0, 0.05) is 23.0 Å². The van der Waals surface area contributed by atoms with Crippen LogP contribution in [-0.2, 0) is 9.53 Å². The highest BCUT2D eigenvalue weighted by atomic mass is 35.5. The Hall–Kier alpha value is -0.460. The molecule has 1 aromatic carbocycles. The predicted octanol–water partition coefficient (Wildman–Crippen LogP) is 2.80. The fraction of sp³-hybridized carbons (Fsp3) is 0.462.